The van der Waals surface area contributed by atoms with Gasteiger partial charge in [0.25, 0.3) is 5.91 Å². The molecular weight excluding hydrogens is 292 g/mol. The van der Waals surface area contributed by atoms with Gasteiger partial charge in [0.1, 0.15) is 5.75 Å². The minimum atomic E-state index is -0.233. The average molecular weight is 312 g/mol. The Morgan fingerprint density at radius 2 is 1.57 bits per heavy atom. The second-order valence-electron chi connectivity index (χ2n) is 5.06. The summed E-state index contributed by atoms with van der Waals surface area (Å²) in [5.74, 6) is 0.360. The molecule has 0 radical (unpaired) electrons. The number of amides is 2. The van der Waals surface area contributed by atoms with Gasteiger partial charge in [-0.2, -0.15) is 0 Å². The molecule has 0 aromatic heterocycles. The molecule has 0 spiro atoms. The van der Waals surface area contributed by atoms with Crippen molar-refractivity contribution in [2.45, 2.75) is 20.3 Å². The summed E-state index contributed by atoms with van der Waals surface area (Å²) in [4.78, 5) is 22.9. The predicted octanol–water partition coefficient (Wildman–Crippen LogP) is 3.22. The van der Waals surface area contributed by atoms with Gasteiger partial charge in [-0.25, -0.2) is 0 Å². The lowest BCUT2D eigenvalue weighted by Gasteiger charge is -2.11. The van der Waals surface area contributed by atoms with E-state index in [0.29, 0.717) is 11.4 Å². The van der Waals surface area contributed by atoms with Crippen LogP contribution < -0.4 is 15.4 Å². The smallest absolute Gasteiger partial charge is 0.262 e. The van der Waals surface area contributed by atoms with E-state index in [-0.39, 0.29) is 18.4 Å². The van der Waals surface area contributed by atoms with Gasteiger partial charge in [-0.05, 0) is 42.3 Å². The van der Waals surface area contributed by atoms with Crippen LogP contribution in [0.3, 0.4) is 0 Å². The molecule has 0 saturated carbocycles. The number of rotatable bonds is 6. The van der Waals surface area contributed by atoms with Crippen molar-refractivity contribution < 1.29 is 14.3 Å². The first kappa shape index (κ1) is 16.5. The number of nitrogens with one attached hydrogen (secondary N) is 2. The molecule has 0 aliphatic carbocycles. The Balaban J connectivity index is 1.88. The minimum Gasteiger partial charge on any atom is -0.483 e. The normalized spacial score (nSPS) is 10.0. The molecule has 2 aromatic rings. The number of hydrogen-bond acceptors (Lipinski definition) is 3. The molecule has 5 heteroatoms. The lowest BCUT2D eigenvalue weighted by Crippen LogP contribution is -2.20. The van der Waals surface area contributed by atoms with Crippen LogP contribution in [0.25, 0.3) is 0 Å². The van der Waals surface area contributed by atoms with Crippen LogP contribution in [0, 0.1) is 0 Å². The zero-order valence-corrected chi connectivity index (χ0v) is 13.3. The van der Waals surface area contributed by atoms with E-state index in [1.54, 1.807) is 24.3 Å². The Morgan fingerprint density at radius 1 is 0.957 bits per heavy atom. The van der Waals surface area contributed by atoms with Crippen LogP contribution >= 0.6 is 0 Å². The molecule has 2 rings (SSSR count). The highest BCUT2D eigenvalue weighted by Crippen LogP contribution is 2.18. The van der Waals surface area contributed by atoms with E-state index in [0.717, 1.165) is 17.7 Å². The molecule has 0 fully saturated rings. The number of benzene rings is 2. The third-order valence-corrected chi connectivity index (χ3v) is 3.20. The lowest BCUT2D eigenvalue weighted by atomic mass is 10.1. The fourth-order valence-corrected chi connectivity index (χ4v) is 2.12. The van der Waals surface area contributed by atoms with Crippen molar-refractivity contribution in [3.63, 3.8) is 0 Å². The highest BCUT2D eigenvalue weighted by Gasteiger charge is 2.06. The van der Waals surface area contributed by atoms with Crippen LogP contribution in [-0.4, -0.2) is 18.4 Å². The quantitative estimate of drug-likeness (QED) is 0.860. The van der Waals surface area contributed by atoms with Gasteiger partial charge in [0, 0.05) is 18.3 Å². The topological polar surface area (TPSA) is 67.4 Å². The van der Waals surface area contributed by atoms with Crippen molar-refractivity contribution in [1.82, 2.24) is 0 Å². The van der Waals surface area contributed by atoms with Crippen molar-refractivity contribution in [3.8, 4) is 5.75 Å². The van der Waals surface area contributed by atoms with Gasteiger partial charge in [-0.15, -0.1) is 0 Å². The van der Waals surface area contributed by atoms with Gasteiger partial charge < -0.3 is 15.4 Å². The molecule has 0 aliphatic heterocycles. The standard InChI is InChI=1S/C18H20N2O3/c1-3-14-6-4-5-7-17(14)23-12-18(22)20-16-10-8-15(9-11-16)19-13(2)21/h4-11H,3,12H2,1-2H3,(H,19,21)(H,20,22). The van der Waals surface area contributed by atoms with Crippen LogP contribution in [0.5, 0.6) is 5.75 Å². The first-order chi connectivity index (χ1) is 11.1. The van der Waals surface area contributed by atoms with E-state index in [9.17, 15) is 9.59 Å². The second-order valence-corrected chi connectivity index (χ2v) is 5.06. The molecule has 0 saturated heterocycles. The van der Waals surface area contributed by atoms with Gasteiger partial charge in [0.2, 0.25) is 5.91 Å². The van der Waals surface area contributed by atoms with Crippen molar-refractivity contribution >= 4 is 23.2 Å². The van der Waals surface area contributed by atoms with E-state index < -0.39 is 0 Å². The number of anilines is 2. The average Bonchev–Trinajstić information content (AvgIpc) is 2.54. The van der Waals surface area contributed by atoms with Crippen molar-refractivity contribution in [2.24, 2.45) is 0 Å². The predicted molar refractivity (Wildman–Crippen MR) is 90.7 cm³/mol. The van der Waals surface area contributed by atoms with Crippen molar-refractivity contribution in [1.29, 1.82) is 0 Å². The Bertz CT molecular complexity index is 681. The van der Waals surface area contributed by atoms with E-state index in [1.807, 2.05) is 31.2 Å². The molecule has 2 amide bonds. The summed E-state index contributed by atoms with van der Waals surface area (Å²) in [5, 5.41) is 5.42. The summed E-state index contributed by atoms with van der Waals surface area (Å²) in [6.07, 6.45) is 0.850. The maximum Gasteiger partial charge on any atom is 0.262 e. The van der Waals surface area contributed by atoms with Crippen LogP contribution in [0.2, 0.25) is 0 Å². The molecule has 2 aromatic carbocycles. The van der Waals surface area contributed by atoms with Gasteiger partial charge in [-0.1, -0.05) is 25.1 Å². The zero-order valence-electron chi connectivity index (χ0n) is 13.3. The Kier molecular flexibility index (Phi) is 5.74. The van der Waals surface area contributed by atoms with Gasteiger partial charge in [-0.3, -0.25) is 9.59 Å². The molecule has 5 nitrogen and oxygen atoms in total. The SMILES string of the molecule is CCc1ccccc1OCC(=O)Nc1ccc(NC(C)=O)cc1. The number of aryl methyl sites for hydroxylation is 1. The zero-order chi connectivity index (χ0) is 16.7. The Labute approximate surface area is 135 Å². The molecule has 0 bridgehead atoms. The summed E-state index contributed by atoms with van der Waals surface area (Å²) in [6.45, 7) is 3.44. The third-order valence-electron chi connectivity index (χ3n) is 3.20. The summed E-state index contributed by atoms with van der Waals surface area (Å²) in [6, 6.07) is 14.6. The second kappa shape index (κ2) is 7.98. The molecular formula is C18H20N2O3. The highest BCUT2D eigenvalue weighted by atomic mass is 16.5. The number of para-hydroxylation sites is 1. The molecule has 120 valence electrons. The van der Waals surface area contributed by atoms with Crippen molar-refractivity contribution in [3.05, 3.63) is 54.1 Å². The summed E-state index contributed by atoms with van der Waals surface area (Å²) < 4.78 is 5.57. The fourth-order valence-electron chi connectivity index (χ4n) is 2.12. The van der Waals surface area contributed by atoms with Crippen LogP contribution in [0.1, 0.15) is 19.4 Å². The Hall–Kier alpha value is -2.82. The molecule has 2 N–H and O–H groups in total. The number of ether oxygens (including phenoxy) is 1. The summed E-state index contributed by atoms with van der Waals surface area (Å²) in [7, 11) is 0. The molecule has 0 aliphatic rings. The largest absolute Gasteiger partial charge is 0.483 e. The number of hydrogen-bond donors (Lipinski definition) is 2. The monoisotopic (exact) mass is 312 g/mol. The molecule has 0 heterocycles. The van der Waals surface area contributed by atoms with Gasteiger partial charge >= 0.3 is 0 Å². The summed E-state index contributed by atoms with van der Waals surface area (Å²) >= 11 is 0. The fraction of sp³-hybridized carbons (Fsp3) is 0.222. The van der Waals surface area contributed by atoms with E-state index in [2.05, 4.69) is 10.6 Å². The van der Waals surface area contributed by atoms with Crippen LogP contribution in [-0.2, 0) is 16.0 Å². The minimum absolute atomic E-state index is 0.0511. The van der Waals surface area contributed by atoms with E-state index in [1.165, 1.54) is 6.92 Å². The number of carbonyl (C=O) groups excluding carboxylic acids is 2. The Morgan fingerprint density at radius 3 is 2.17 bits per heavy atom. The maximum absolute atomic E-state index is 11.9. The first-order valence-electron chi connectivity index (χ1n) is 7.46. The molecule has 23 heavy (non-hydrogen) atoms. The first-order valence-corrected chi connectivity index (χ1v) is 7.46. The van der Waals surface area contributed by atoms with E-state index >= 15 is 0 Å². The van der Waals surface area contributed by atoms with Gasteiger partial charge in [0.15, 0.2) is 6.61 Å². The molecule has 0 atom stereocenters. The highest BCUT2D eigenvalue weighted by molar-refractivity contribution is 5.93. The van der Waals surface area contributed by atoms with Gasteiger partial charge in [0.05, 0.1) is 0 Å². The van der Waals surface area contributed by atoms with Crippen LogP contribution in [0.4, 0.5) is 11.4 Å². The maximum atomic E-state index is 11.9. The number of carbonyl (C=O) groups is 2. The lowest BCUT2D eigenvalue weighted by molar-refractivity contribution is -0.118. The van der Waals surface area contributed by atoms with Crippen molar-refractivity contribution in [2.75, 3.05) is 17.2 Å². The van der Waals surface area contributed by atoms with Crippen LogP contribution in [0.15, 0.2) is 48.5 Å². The summed E-state index contributed by atoms with van der Waals surface area (Å²) in [5.41, 5.74) is 2.40. The molecule has 0 unspecified atom stereocenters. The third kappa shape index (κ3) is 5.14. The van der Waals surface area contributed by atoms with E-state index in [4.69, 9.17) is 4.74 Å².